The summed E-state index contributed by atoms with van der Waals surface area (Å²) >= 11 is 0. The molecule has 5 unspecified atom stereocenters. The average Bonchev–Trinajstić information content (AvgIpc) is 2.25. The van der Waals surface area contributed by atoms with E-state index >= 15 is 0 Å². The average molecular weight is 220 g/mol. The van der Waals surface area contributed by atoms with E-state index in [1.807, 2.05) is 0 Å². The fourth-order valence-electron chi connectivity index (χ4n) is 1.61. The number of carbonyl (C=O) groups is 1. The molecule has 0 saturated carbocycles. The molecule has 1 fully saturated rings. The van der Waals surface area contributed by atoms with Gasteiger partial charge in [0.05, 0.1) is 12.6 Å². The summed E-state index contributed by atoms with van der Waals surface area (Å²) in [5, 5.41) is 42.1. The molecular formula is C8H16N2O5. The monoisotopic (exact) mass is 220 g/mol. The van der Waals surface area contributed by atoms with Crippen molar-refractivity contribution >= 4 is 5.91 Å². The maximum absolute atomic E-state index is 11.3. The molecular weight excluding hydrogens is 204 g/mol. The van der Waals surface area contributed by atoms with Crippen molar-refractivity contribution in [2.45, 2.75) is 30.4 Å². The number of nitrogens with one attached hydrogen (secondary N) is 2. The molecule has 15 heavy (non-hydrogen) atoms. The molecule has 1 amide bonds. The van der Waals surface area contributed by atoms with Crippen LogP contribution in [0.15, 0.2) is 0 Å². The van der Waals surface area contributed by atoms with Crippen molar-refractivity contribution in [1.29, 1.82) is 0 Å². The van der Waals surface area contributed by atoms with Crippen LogP contribution in [0.25, 0.3) is 0 Å². The minimum absolute atomic E-state index is 0.432. The van der Waals surface area contributed by atoms with Gasteiger partial charge in [-0.15, -0.1) is 0 Å². The fourth-order valence-corrected chi connectivity index (χ4v) is 1.61. The molecule has 0 aromatic heterocycles. The lowest BCUT2D eigenvalue weighted by atomic mass is 9.90. The third kappa shape index (κ3) is 2.27. The van der Waals surface area contributed by atoms with E-state index in [0.717, 1.165) is 0 Å². The standard InChI is InChI=1S/C8H16N2O5/c1-9-8(15)4-6(13)7(14)5(12)3(2-11)10-4/h3-7,10-14H,2H2,1H3,(H,9,15). The second kappa shape index (κ2) is 4.86. The van der Waals surface area contributed by atoms with Gasteiger partial charge in [-0.25, -0.2) is 0 Å². The second-order valence-corrected chi connectivity index (χ2v) is 3.52. The molecule has 6 N–H and O–H groups in total. The van der Waals surface area contributed by atoms with Crippen LogP contribution in [0.5, 0.6) is 0 Å². The van der Waals surface area contributed by atoms with Gasteiger partial charge in [-0.05, 0) is 0 Å². The van der Waals surface area contributed by atoms with E-state index in [1.165, 1.54) is 7.05 Å². The highest BCUT2D eigenvalue weighted by Crippen LogP contribution is 2.15. The van der Waals surface area contributed by atoms with Crippen molar-refractivity contribution in [2.24, 2.45) is 0 Å². The molecule has 1 aliphatic heterocycles. The summed E-state index contributed by atoms with van der Waals surface area (Å²) in [4.78, 5) is 11.3. The van der Waals surface area contributed by atoms with E-state index in [1.54, 1.807) is 0 Å². The van der Waals surface area contributed by atoms with Crippen molar-refractivity contribution in [3.63, 3.8) is 0 Å². The van der Waals surface area contributed by atoms with Crippen molar-refractivity contribution in [1.82, 2.24) is 10.6 Å². The van der Waals surface area contributed by atoms with Crippen LogP contribution in [0, 0.1) is 0 Å². The summed E-state index contributed by atoms with van der Waals surface area (Å²) in [6.07, 6.45) is -4.15. The first-order valence-electron chi connectivity index (χ1n) is 4.65. The predicted octanol–water partition coefficient (Wildman–Crippen LogP) is -3.85. The molecule has 0 aromatic rings. The fraction of sp³-hybridized carbons (Fsp3) is 0.875. The van der Waals surface area contributed by atoms with Crippen molar-refractivity contribution < 1.29 is 25.2 Å². The molecule has 7 heteroatoms. The SMILES string of the molecule is CNC(=O)C1NC(CO)C(O)C(O)C1O. The summed E-state index contributed by atoms with van der Waals surface area (Å²) in [6, 6.07) is -1.86. The molecule has 0 aliphatic carbocycles. The third-order valence-electron chi connectivity index (χ3n) is 2.57. The Labute approximate surface area is 86.7 Å². The lowest BCUT2D eigenvalue weighted by Crippen LogP contribution is -2.69. The summed E-state index contributed by atoms with van der Waals surface area (Å²) in [7, 11) is 1.39. The highest BCUT2D eigenvalue weighted by atomic mass is 16.4. The summed E-state index contributed by atoms with van der Waals surface area (Å²) in [5.74, 6) is -0.508. The van der Waals surface area contributed by atoms with E-state index in [0.29, 0.717) is 0 Å². The van der Waals surface area contributed by atoms with Crippen LogP contribution in [-0.2, 0) is 4.79 Å². The van der Waals surface area contributed by atoms with Gasteiger partial charge in [0, 0.05) is 7.05 Å². The Morgan fingerprint density at radius 2 is 1.87 bits per heavy atom. The maximum Gasteiger partial charge on any atom is 0.239 e. The number of hydrogen-bond acceptors (Lipinski definition) is 6. The van der Waals surface area contributed by atoms with E-state index in [-0.39, 0.29) is 0 Å². The predicted molar refractivity (Wildman–Crippen MR) is 49.9 cm³/mol. The normalized spacial score (nSPS) is 41.3. The lowest BCUT2D eigenvalue weighted by Gasteiger charge is -2.39. The van der Waals surface area contributed by atoms with E-state index in [9.17, 15) is 20.1 Å². The van der Waals surface area contributed by atoms with Crippen LogP contribution < -0.4 is 10.6 Å². The van der Waals surface area contributed by atoms with Gasteiger partial charge < -0.3 is 25.7 Å². The minimum Gasteiger partial charge on any atom is -0.395 e. The van der Waals surface area contributed by atoms with Crippen molar-refractivity contribution in [2.75, 3.05) is 13.7 Å². The van der Waals surface area contributed by atoms with Gasteiger partial charge in [0.1, 0.15) is 24.4 Å². The van der Waals surface area contributed by atoms with Crippen LogP contribution in [0.4, 0.5) is 0 Å². The molecule has 0 spiro atoms. The summed E-state index contributed by atoms with van der Waals surface area (Å²) < 4.78 is 0. The van der Waals surface area contributed by atoms with Gasteiger partial charge in [-0.1, -0.05) is 0 Å². The van der Waals surface area contributed by atoms with Crippen molar-refractivity contribution in [3.8, 4) is 0 Å². The van der Waals surface area contributed by atoms with Gasteiger partial charge in [0.2, 0.25) is 5.91 Å². The second-order valence-electron chi connectivity index (χ2n) is 3.52. The molecule has 7 nitrogen and oxygen atoms in total. The van der Waals surface area contributed by atoms with Crippen LogP contribution >= 0.6 is 0 Å². The zero-order chi connectivity index (χ0) is 11.6. The molecule has 1 rings (SSSR count). The lowest BCUT2D eigenvalue weighted by molar-refractivity contribution is -0.144. The minimum atomic E-state index is -1.45. The molecule has 5 atom stereocenters. The van der Waals surface area contributed by atoms with Gasteiger partial charge >= 0.3 is 0 Å². The zero-order valence-electron chi connectivity index (χ0n) is 8.29. The van der Waals surface area contributed by atoms with Gasteiger partial charge in [-0.3, -0.25) is 10.1 Å². The van der Waals surface area contributed by atoms with Crippen molar-refractivity contribution in [3.05, 3.63) is 0 Å². The number of aliphatic hydroxyl groups is 4. The van der Waals surface area contributed by atoms with Gasteiger partial charge in [0.15, 0.2) is 0 Å². The van der Waals surface area contributed by atoms with E-state index in [4.69, 9.17) is 5.11 Å². The number of aliphatic hydroxyl groups excluding tert-OH is 4. The Morgan fingerprint density at radius 1 is 1.27 bits per heavy atom. The van der Waals surface area contributed by atoms with Crippen LogP contribution in [0.2, 0.25) is 0 Å². The molecule has 1 saturated heterocycles. The highest BCUT2D eigenvalue weighted by molar-refractivity contribution is 5.82. The Bertz CT molecular complexity index is 235. The molecule has 88 valence electrons. The Kier molecular flexibility index (Phi) is 4.00. The molecule has 0 radical (unpaired) electrons. The number of piperidine rings is 1. The smallest absolute Gasteiger partial charge is 0.239 e. The van der Waals surface area contributed by atoms with E-state index in [2.05, 4.69) is 10.6 Å². The van der Waals surface area contributed by atoms with Gasteiger partial charge in [0.25, 0.3) is 0 Å². The Morgan fingerprint density at radius 3 is 2.33 bits per heavy atom. The Balaban J connectivity index is 2.78. The van der Waals surface area contributed by atoms with Crippen LogP contribution in [-0.4, -0.2) is 70.4 Å². The number of hydrogen-bond donors (Lipinski definition) is 6. The summed E-state index contributed by atoms with van der Waals surface area (Å²) in [5.41, 5.74) is 0. The Hall–Kier alpha value is -0.730. The first kappa shape index (κ1) is 12.3. The largest absolute Gasteiger partial charge is 0.395 e. The number of carbonyl (C=O) groups excluding carboxylic acids is 1. The highest BCUT2D eigenvalue weighted by Gasteiger charge is 2.44. The summed E-state index contributed by atoms with van der Waals surface area (Å²) in [6.45, 7) is -0.432. The quantitative estimate of drug-likeness (QED) is 0.283. The zero-order valence-corrected chi connectivity index (χ0v) is 8.29. The van der Waals surface area contributed by atoms with Crippen LogP contribution in [0.3, 0.4) is 0 Å². The number of rotatable bonds is 2. The third-order valence-corrected chi connectivity index (χ3v) is 2.57. The molecule has 0 bridgehead atoms. The first-order chi connectivity index (χ1) is 7.02. The number of amides is 1. The molecule has 0 aromatic carbocycles. The molecule has 1 aliphatic rings. The topological polar surface area (TPSA) is 122 Å². The van der Waals surface area contributed by atoms with Gasteiger partial charge in [-0.2, -0.15) is 0 Å². The molecule has 1 heterocycles. The maximum atomic E-state index is 11.3. The van der Waals surface area contributed by atoms with Crippen LogP contribution in [0.1, 0.15) is 0 Å². The number of likely N-dealkylation sites (N-methyl/N-ethyl adjacent to an activating group) is 1. The first-order valence-corrected chi connectivity index (χ1v) is 4.65. The van der Waals surface area contributed by atoms with E-state index < -0.39 is 42.9 Å².